The van der Waals surface area contributed by atoms with Gasteiger partial charge in [0, 0.05) is 0 Å². The summed E-state index contributed by atoms with van der Waals surface area (Å²) < 4.78 is 19.2. The number of ether oxygens (including phenoxy) is 1. The first-order valence-electron chi connectivity index (χ1n) is 10.9. The number of benzene rings is 3. The van der Waals surface area contributed by atoms with E-state index in [0.717, 1.165) is 50.7 Å². The molecule has 1 aliphatic rings. The van der Waals surface area contributed by atoms with E-state index in [2.05, 4.69) is 21.1 Å². The second kappa shape index (κ2) is 10.3. The molecule has 1 heterocycles. The van der Waals surface area contributed by atoms with Gasteiger partial charge < -0.3 is 0 Å². The van der Waals surface area contributed by atoms with Gasteiger partial charge in [-0.05, 0) is 0 Å². The van der Waals surface area contributed by atoms with Crippen molar-refractivity contribution in [3.8, 4) is 17.2 Å². The molecule has 0 unspecified atom stereocenters. The van der Waals surface area contributed by atoms with Crippen molar-refractivity contribution in [1.29, 1.82) is 0 Å². The number of likely N-dealkylation sites (N-methyl/N-ethyl adjacent to an activating group) is 1. The number of quaternary nitrogens is 1. The molecule has 6 nitrogen and oxygen atoms in total. The van der Waals surface area contributed by atoms with Crippen molar-refractivity contribution in [3.63, 3.8) is 0 Å². The third kappa shape index (κ3) is 6.28. The molecule has 3 aromatic carbocycles. The van der Waals surface area contributed by atoms with Gasteiger partial charge in [-0.25, -0.2) is 0 Å². The van der Waals surface area contributed by atoms with Gasteiger partial charge in [-0.15, -0.1) is 0 Å². The molecular weight excluding hydrogens is 472 g/mol. The van der Waals surface area contributed by atoms with Crippen LogP contribution >= 0.6 is 0 Å². The Bertz CT molecular complexity index is 1190. The zero-order valence-corrected chi connectivity index (χ0v) is 21.9. The Kier molecular flexibility index (Phi) is 7.22. The van der Waals surface area contributed by atoms with E-state index in [0.29, 0.717) is 12.4 Å². The van der Waals surface area contributed by atoms with Crippen molar-refractivity contribution in [2.75, 3.05) is 34.3 Å². The van der Waals surface area contributed by atoms with Crippen LogP contribution in [0, 0.1) is 0 Å². The van der Waals surface area contributed by atoms with Gasteiger partial charge in [0.1, 0.15) is 0 Å². The van der Waals surface area contributed by atoms with E-state index in [1.54, 1.807) is 0 Å². The molecule has 3 aromatic rings. The fraction of sp³-hybridized carbons (Fsp3) is 0.231. The molecule has 0 aromatic heterocycles. The number of hydrogen-bond donors (Lipinski definition) is 0. The molecule has 0 fully saturated rings. The third-order valence-electron chi connectivity index (χ3n) is 5.16. The zero-order valence-electron chi connectivity index (χ0n) is 19.5. The van der Waals surface area contributed by atoms with Crippen LogP contribution in [0.25, 0.3) is 0 Å². The molecule has 0 saturated heterocycles. The average Bonchev–Trinajstić information content (AvgIpc) is 2.79. The number of fused-ring (bicyclic) bond motifs is 3. The number of hydrogen-bond acceptors (Lipinski definition) is 5. The van der Waals surface area contributed by atoms with Crippen molar-refractivity contribution < 1.29 is 16.3 Å². The molecule has 33 heavy (non-hydrogen) atoms. The molecule has 0 N–H and O–H groups in total. The maximum absolute atomic E-state index is 6.19. The molecule has 0 saturated carbocycles. The van der Waals surface area contributed by atoms with Gasteiger partial charge in [0.05, 0.1) is 0 Å². The Labute approximate surface area is 203 Å². The summed E-state index contributed by atoms with van der Waals surface area (Å²) in [5.74, 6) is 2.28. The molecular formula is C26H28GaN3O3+. The van der Waals surface area contributed by atoms with Gasteiger partial charge in [0.15, 0.2) is 0 Å². The van der Waals surface area contributed by atoms with Crippen LogP contribution in [0.4, 0.5) is 11.4 Å². The first kappa shape index (κ1) is 23.2. The zero-order chi connectivity index (χ0) is 23.3. The predicted octanol–water partition coefficient (Wildman–Crippen LogP) is 4.97. The minimum absolute atomic E-state index is 0.628. The van der Waals surface area contributed by atoms with Crippen LogP contribution in [0.1, 0.15) is 18.1 Å². The SMILES string of the molecule is CC1=Nc2ccccc2N=Cc2ccc(OCC[N+](C)(C)C)cc2[O][Ga][O]c2ccccc21. The van der Waals surface area contributed by atoms with Crippen molar-refractivity contribution in [1.82, 2.24) is 0 Å². The van der Waals surface area contributed by atoms with E-state index in [1.165, 1.54) is 0 Å². The summed E-state index contributed by atoms with van der Waals surface area (Å²) in [5, 5.41) is 0. The number of rotatable bonds is 4. The Morgan fingerprint density at radius 1 is 0.879 bits per heavy atom. The molecule has 167 valence electrons. The van der Waals surface area contributed by atoms with Crippen molar-refractivity contribution in [3.05, 3.63) is 77.9 Å². The van der Waals surface area contributed by atoms with Crippen LogP contribution in [-0.2, 0) is 0 Å². The van der Waals surface area contributed by atoms with Gasteiger partial charge in [0.25, 0.3) is 0 Å². The molecule has 0 aliphatic carbocycles. The third-order valence-corrected chi connectivity index (χ3v) is 6.62. The maximum atomic E-state index is 6.19. The number of aliphatic imine (C=N–C) groups is 2. The Balaban J connectivity index is 1.69. The van der Waals surface area contributed by atoms with Crippen molar-refractivity contribution in [2.45, 2.75) is 6.92 Å². The van der Waals surface area contributed by atoms with E-state index in [4.69, 9.17) is 21.8 Å². The van der Waals surface area contributed by atoms with E-state index in [1.807, 2.05) is 79.9 Å². The van der Waals surface area contributed by atoms with Crippen molar-refractivity contribution in [2.24, 2.45) is 9.98 Å². The minimum atomic E-state index is -1.54. The van der Waals surface area contributed by atoms with Crippen LogP contribution in [0.2, 0.25) is 0 Å². The molecule has 0 spiro atoms. The normalized spacial score (nSPS) is 13.3. The molecule has 1 aliphatic heterocycles. The molecule has 0 bridgehead atoms. The van der Waals surface area contributed by atoms with E-state index in [9.17, 15) is 0 Å². The summed E-state index contributed by atoms with van der Waals surface area (Å²) in [5.41, 5.74) is 4.30. The summed E-state index contributed by atoms with van der Waals surface area (Å²) in [6.07, 6.45) is 1.82. The van der Waals surface area contributed by atoms with Crippen LogP contribution in [0.3, 0.4) is 0 Å². The summed E-state index contributed by atoms with van der Waals surface area (Å²) >= 11 is -1.54. The van der Waals surface area contributed by atoms with E-state index >= 15 is 0 Å². The summed E-state index contributed by atoms with van der Waals surface area (Å²) in [7, 11) is 6.44. The number of nitrogens with zero attached hydrogens (tertiary/aromatic N) is 3. The van der Waals surface area contributed by atoms with Gasteiger partial charge in [0.2, 0.25) is 0 Å². The Hall–Kier alpha value is -3.00. The van der Waals surface area contributed by atoms with Crippen LogP contribution in [0.15, 0.2) is 76.7 Å². The first-order valence-corrected chi connectivity index (χ1v) is 12.9. The quantitative estimate of drug-likeness (QED) is 0.376. The fourth-order valence-corrected chi connectivity index (χ4v) is 4.69. The van der Waals surface area contributed by atoms with E-state index < -0.39 is 18.1 Å². The van der Waals surface area contributed by atoms with Gasteiger partial charge in [-0.1, -0.05) is 0 Å². The van der Waals surface area contributed by atoms with Crippen LogP contribution in [-0.4, -0.2) is 68.8 Å². The molecule has 7 heteroatoms. The molecule has 4 rings (SSSR count). The summed E-state index contributed by atoms with van der Waals surface area (Å²) in [6, 6.07) is 21.7. The molecule has 0 amide bonds. The second-order valence-corrected chi connectivity index (χ2v) is 10.2. The molecule has 0 atom stereocenters. The monoisotopic (exact) mass is 499 g/mol. The van der Waals surface area contributed by atoms with E-state index in [-0.39, 0.29) is 0 Å². The van der Waals surface area contributed by atoms with Crippen LogP contribution in [0.5, 0.6) is 17.2 Å². The Morgan fingerprint density at radius 3 is 2.42 bits per heavy atom. The fourth-order valence-electron chi connectivity index (χ4n) is 3.29. The van der Waals surface area contributed by atoms with Crippen LogP contribution < -0.4 is 11.8 Å². The summed E-state index contributed by atoms with van der Waals surface area (Å²) in [4.78, 5) is 9.58. The van der Waals surface area contributed by atoms with Gasteiger partial charge in [-0.2, -0.15) is 0 Å². The van der Waals surface area contributed by atoms with Gasteiger partial charge in [-0.3, -0.25) is 0 Å². The first-order chi connectivity index (χ1) is 15.9. The number of para-hydroxylation sites is 3. The van der Waals surface area contributed by atoms with Gasteiger partial charge >= 0.3 is 204 Å². The topological polar surface area (TPSA) is 52.4 Å². The average molecular weight is 500 g/mol. The summed E-state index contributed by atoms with van der Waals surface area (Å²) in [6.45, 7) is 3.52. The standard InChI is InChI=1S/C26H29N3O3.Ga/c1-19(22-9-5-8-12-25(22)30)28-24-11-7-6-10-23(24)27-18-20-13-14-21(17-26(20)31)32-16-15-29(2,3)4;/h5-14,17-18H,15-16H2,1-4H3,(H-,27,28,30,31);/q;+2/p-1. The van der Waals surface area contributed by atoms with Crippen molar-refractivity contribution >= 4 is 41.4 Å². The Morgan fingerprint density at radius 2 is 1.61 bits per heavy atom. The predicted molar refractivity (Wildman–Crippen MR) is 134 cm³/mol. The second-order valence-electron chi connectivity index (χ2n) is 8.83. The molecule has 1 radical (unpaired) electrons.